The van der Waals surface area contributed by atoms with Crippen molar-refractivity contribution < 1.29 is 38.9 Å². The van der Waals surface area contributed by atoms with Crippen LogP contribution in [0.1, 0.15) is 48.0 Å². The molecule has 202 valence electrons. The molecule has 0 bridgehead atoms. The standard InChI is InChI=1S/C23H32N6O8/c1-26-12-17(30)28-16(10-18(31)32)20(34)29-23(37-22(35)36)9-3-2-4-15(23)19(33)14-7-5-13(6-8-14)11-27-21(24)25/h5-8,15-16,26H,2-4,9-12H2,1H3,(H,28,30)(H,29,34)(H,31,32)(H,35,36)(H4,24,25,27)/t15?,16-,23?/m0/s1. The SMILES string of the molecule is CNCC(=O)N[C@@H](CC(=O)O)C(=O)NC1(OC(=O)O)CCCCC1C(=O)c1ccc(CN=C(N)N)cc1. The van der Waals surface area contributed by atoms with Crippen LogP contribution in [0.25, 0.3) is 0 Å². The molecule has 0 radical (unpaired) electrons. The number of amides is 2. The summed E-state index contributed by atoms with van der Waals surface area (Å²) >= 11 is 0. The molecule has 14 heteroatoms. The second-order valence-corrected chi connectivity index (χ2v) is 8.60. The number of nitrogens with zero attached hydrogens (tertiary/aromatic N) is 1. The van der Waals surface area contributed by atoms with Gasteiger partial charge in [0.25, 0.3) is 0 Å². The Bertz CT molecular complexity index is 1040. The van der Waals surface area contributed by atoms with Crippen molar-refractivity contribution >= 4 is 35.7 Å². The Hall–Kier alpha value is -4.20. The van der Waals surface area contributed by atoms with Gasteiger partial charge in [0, 0.05) is 12.0 Å². The third kappa shape index (κ3) is 8.45. The molecule has 37 heavy (non-hydrogen) atoms. The molecule has 0 aliphatic heterocycles. The number of carbonyl (C=O) groups is 5. The minimum atomic E-state index is -1.96. The Morgan fingerprint density at radius 2 is 1.81 bits per heavy atom. The van der Waals surface area contributed by atoms with Gasteiger partial charge in [-0.3, -0.25) is 19.2 Å². The number of ether oxygens (including phenoxy) is 1. The molecule has 3 atom stereocenters. The van der Waals surface area contributed by atoms with Gasteiger partial charge in [-0.25, -0.2) is 9.79 Å². The summed E-state index contributed by atoms with van der Waals surface area (Å²) < 4.78 is 5.15. The largest absolute Gasteiger partial charge is 0.507 e. The maximum Gasteiger partial charge on any atom is 0.507 e. The van der Waals surface area contributed by atoms with E-state index < -0.39 is 53.8 Å². The first kappa shape index (κ1) is 29.0. The number of carboxylic acids is 1. The minimum Gasteiger partial charge on any atom is -0.481 e. The molecule has 1 fully saturated rings. The van der Waals surface area contributed by atoms with Crippen LogP contribution in [0.3, 0.4) is 0 Å². The normalized spacial score (nSPS) is 19.6. The highest BCUT2D eigenvalue weighted by Gasteiger charge is 2.50. The van der Waals surface area contributed by atoms with Crippen LogP contribution < -0.4 is 27.4 Å². The number of rotatable bonds is 12. The molecular weight excluding hydrogens is 488 g/mol. The number of nitrogens with one attached hydrogen (secondary N) is 3. The number of guanidine groups is 1. The summed E-state index contributed by atoms with van der Waals surface area (Å²) in [5.41, 5.74) is 9.68. The fraction of sp³-hybridized carbons (Fsp3) is 0.478. The van der Waals surface area contributed by atoms with Crippen LogP contribution in [-0.2, 0) is 25.7 Å². The van der Waals surface area contributed by atoms with Gasteiger partial charge in [0.05, 0.1) is 25.4 Å². The summed E-state index contributed by atoms with van der Waals surface area (Å²) in [5.74, 6) is -4.64. The first-order chi connectivity index (χ1) is 17.5. The number of ketones is 1. The maximum atomic E-state index is 13.5. The Labute approximate surface area is 212 Å². The Morgan fingerprint density at radius 3 is 2.38 bits per heavy atom. The highest BCUT2D eigenvalue weighted by Crippen LogP contribution is 2.37. The van der Waals surface area contributed by atoms with Gasteiger partial charge in [-0.2, -0.15) is 0 Å². The summed E-state index contributed by atoms with van der Waals surface area (Å²) in [6.45, 7) is 0.0209. The Balaban J connectivity index is 2.36. The molecule has 1 aliphatic carbocycles. The molecule has 1 aromatic carbocycles. The number of aliphatic carboxylic acids is 1. The van der Waals surface area contributed by atoms with Crippen LogP contribution in [0, 0.1) is 5.92 Å². The zero-order valence-electron chi connectivity index (χ0n) is 20.4. The second-order valence-electron chi connectivity index (χ2n) is 8.60. The monoisotopic (exact) mass is 520 g/mol. The van der Waals surface area contributed by atoms with Crippen molar-refractivity contribution in [2.24, 2.45) is 22.4 Å². The van der Waals surface area contributed by atoms with Crippen LogP contribution in [0.4, 0.5) is 4.79 Å². The third-order valence-electron chi connectivity index (χ3n) is 5.83. The van der Waals surface area contributed by atoms with Crippen molar-refractivity contribution in [3.8, 4) is 0 Å². The summed E-state index contributed by atoms with van der Waals surface area (Å²) in [6.07, 6.45) is -1.30. The number of hydrogen-bond acceptors (Lipinski definition) is 8. The Kier molecular flexibility index (Phi) is 10.4. The van der Waals surface area contributed by atoms with Gasteiger partial charge < -0.3 is 42.4 Å². The van der Waals surface area contributed by atoms with E-state index in [-0.39, 0.29) is 37.5 Å². The number of hydrogen-bond donors (Lipinski definition) is 7. The van der Waals surface area contributed by atoms with Gasteiger partial charge in [-0.1, -0.05) is 30.7 Å². The topological polar surface area (TPSA) is 236 Å². The summed E-state index contributed by atoms with van der Waals surface area (Å²) in [4.78, 5) is 65.5. The lowest BCUT2D eigenvalue weighted by atomic mass is 9.76. The van der Waals surface area contributed by atoms with Crippen LogP contribution in [0.5, 0.6) is 0 Å². The molecule has 1 saturated carbocycles. The second kappa shape index (κ2) is 13.2. The predicted molar refractivity (Wildman–Crippen MR) is 130 cm³/mol. The van der Waals surface area contributed by atoms with Crippen molar-refractivity contribution in [3.05, 3.63) is 35.4 Å². The molecule has 0 aromatic heterocycles. The number of aliphatic imine (C=N–C) groups is 1. The van der Waals surface area contributed by atoms with Crippen LogP contribution in [0.2, 0.25) is 0 Å². The number of carbonyl (C=O) groups excluding carboxylic acids is 3. The van der Waals surface area contributed by atoms with Crippen molar-refractivity contribution in [2.45, 2.75) is 50.4 Å². The average Bonchev–Trinajstić information content (AvgIpc) is 2.82. The molecule has 0 spiro atoms. The van der Waals surface area contributed by atoms with Gasteiger partial charge in [-0.15, -0.1) is 0 Å². The van der Waals surface area contributed by atoms with E-state index in [9.17, 15) is 34.2 Å². The number of Topliss-reactive ketones (excluding diaryl/α,β-unsaturated/α-hetero) is 1. The highest BCUT2D eigenvalue weighted by molar-refractivity contribution is 5.99. The van der Waals surface area contributed by atoms with Crippen LogP contribution in [0.15, 0.2) is 29.3 Å². The lowest BCUT2D eigenvalue weighted by molar-refractivity contribution is -0.146. The lowest BCUT2D eigenvalue weighted by Crippen LogP contribution is -2.63. The van der Waals surface area contributed by atoms with Crippen LogP contribution in [-0.4, -0.2) is 71.3 Å². The van der Waals surface area contributed by atoms with E-state index in [1.54, 1.807) is 12.1 Å². The summed E-state index contributed by atoms with van der Waals surface area (Å²) in [6, 6.07) is 4.82. The van der Waals surface area contributed by atoms with Crippen molar-refractivity contribution in [1.82, 2.24) is 16.0 Å². The van der Waals surface area contributed by atoms with Crippen molar-refractivity contribution in [2.75, 3.05) is 13.6 Å². The number of benzene rings is 1. The average molecular weight is 521 g/mol. The maximum absolute atomic E-state index is 13.5. The van der Waals surface area contributed by atoms with E-state index in [1.165, 1.54) is 19.2 Å². The van der Waals surface area contributed by atoms with E-state index in [0.29, 0.717) is 12.8 Å². The number of nitrogens with two attached hydrogens (primary N) is 2. The van der Waals surface area contributed by atoms with Gasteiger partial charge in [-0.05, 0) is 25.5 Å². The molecule has 0 saturated heterocycles. The highest BCUT2D eigenvalue weighted by atomic mass is 16.7. The first-order valence-electron chi connectivity index (χ1n) is 11.6. The third-order valence-corrected chi connectivity index (χ3v) is 5.83. The quantitative estimate of drug-likeness (QED) is 0.0610. The van der Waals surface area contributed by atoms with Gasteiger partial charge in [0.15, 0.2) is 17.5 Å². The zero-order chi connectivity index (χ0) is 27.6. The first-order valence-corrected chi connectivity index (χ1v) is 11.6. The fourth-order valence-corrected chi connectivity index (χ4v) is 4.18. The lowest BCUT2D eigenvalue weighted by Gasteiger charge is -2.42. The molecule has 2 unspecified atom stereocenters. The van der Waals surface area contributed by atoms with E-state index in [1.807, 2.05) is 0 Å². The molecule has 1 aliphatic rings. The van der Waals surface area contributed by atoms with E-state index in [2.05, 4.69) is 20.9 Å². The molecule has 14 nitrogen and oxygen atoms in total. The molecule has 2 rings (SSSR count). The summed E-state index contributed by atoms with van der Waals surface area (Å²) in [5, 5.41) is 26.0. The van der Waals surface area contributed by atoms with Crippen LogP contribution >= 0.6 is 0 Å². The number of likely N-dealkylation sites (N-methyl/N-ethyl adjacent to an activating group) is 1. The Morgan fingerprint density at radius 1 is 1.14 bits per heavy atom. The van der Waals surface area contributed by atoms with Crippen molar-refractivity contribution in [1.29, 1.82) is 0 Å². The molecule has 0 heterocycles. The fourth-order valence-electron chi connectivity index (χ4n) is 4.18. The molecule has 1 aromatic rings. The smallest absolute Gasteiger partial charge is 0.481 e. The molecular formula is C23H32N6O8. The van der Waals surface area contributed by atoms with Crippen molar-refractivity contribution in [3.63, 3.8) is 0 Å². The van der Waals surface area contributed by atoms with E-state index >= 15 is 0 Å². The number of carboxylic acid groups (broad SMARTS) is 2. The zero-order valence-corrected chi connectivity index (χ0v) is 20.4. The predicted octanol–water partition coefficient (Wildman–Crippen LogP) is -0.481. The van der Waals surface area contributed by atoms with Gasteiger partial charge in [0.1, 0.15) is 6.04 Å². The summed E-state index contributed by atoms with van der Waals surface area (Å²) in [7, 11) is 1.49. The van der Waals surface area contributed by atoms with E-state index in [0.717, 1.165) is 5.56 Å². The molecule has 9 N–H and O–H groups in total. The van der Waals surface area contributed by atoms with Gasteiger partial charge in [0.2, 0.25) is 11.8 Å². The minimum absolute atomic E-state index is 0.0196. The van der Waals surface area contributed by atoms with Gasteiger partial charge >= 0.3 is 12.1 Å². The van der Waals surface area contributed by atoms with E-state index in [4.69, 9.17) is 16.2 Å². The molecule has 2 amide bonds.